The highest BCUT2D eigenvalue weighted by atomic mass is 32.1. The molecule has 0 radical (unpaired) electrons. The van der Waals surface area contributed by atoms with Crippen molar-refractivity contribution in [2.75, 3.05) is 5.32 Å². The van der Waals surface area contributed by atoms with E-state index in [1.165, 1.54) is 16.2 Å². The molecule has 0 saturated carbocycles. The van der Waals surface area contributed by atoms with Gasteiger partial charge in [0, 0.05) is 16.5 Å². The quantitative estimate of drug-likeness (QED) is 0.736. The van der Waals surface area contributed by atoms with Crippen molar-refractivity contribution in [3.8, 4) is 16.8 Å². The van der Waals surface area contributed by atoms with E-state index >= 15 is 0 Å². The fourth-order valence-electron chi connectivity index (χ4n) is 3.10. The first-order valence-corrected chi connectivity index (χ1v) is 10.1. The van der Waals surface area contributed by atoms with E-state index in [2.05, 4.69) is 21.4 Å². The van der Waals surface area contributed by atoms with E-state index in [0.29, 0.717) is 16.3 Å². The molecule has 0 spiro atoms. The number of amides is 1. The Morgan fingerprint density at radius 2 is 2.19 bits per heavy atom. The van der Waals surface area contributed by atoms with Gasteiger partial charge in [0.25, 0.3) is 0 Å². The van der Waals surface area contributed by atoms with E-state index < -0.39 is 0 Å². The zero-order valence-electron chi connectivity index (χ0n) is 14.0. The molecule has 0 saturated heterocycles. The van der Waals surface area contributed by atoms with Crippen molar-refractivity contribution in [1.82, 2.24) is 9.97 Å². The van der Waals surface area contributed by atoms with Gasteiger partial charge in [-0.25, -0.2) is 4.98 Å². The zero-order valence-corrected chi connectivity index (χ0v) is 15.6. The molecule has 0 aromatic carbocycles. The van der Waals surface area contributed by atoms with Crippen molar-refractivity contribution in [3.05, 3.63) is 51.5 Å². The van der Waals surface area contributed by atoms with E-state index in [9.17, 15) is 10.1 Å². The molecule has 130 valence electrons. The molecule has 1 aliphatic rings. The number of nitrogens with one attached hydrogen (secondary N) is 1. The number of hydrogen-bond acceptors (Lipinski definition) is 6. The lowest BCUT2D eigenvalue weighted by Crippen LogP contribution is -2.14. The van der Waals surface area contributed by atoms with Crippen LogP contribution in [0.15, 0.2) is 29.8 Å². The van der Waals surface area contributed by atoms with Gasteiger partial charge < -0.3 is 5.32 Å². The summed E-state index contributed by atoms with van der Waals surface area (Å²) in [6.45, 7) is 0. The number of hydrogen-bond donors (Lipinski definition) is 1. The highest BCUT2D eigenvalue weighted by Crippen LogP contribution is 2.37. The number of fused-ring (bicyclic) bond motifs is 1. The summed E-state index contributed by atoms with van der Waals surface area (Å²) in [7, 11) is 0. The molecule has 3 aromatic rings. The molecule has 3 heterocycles. The molecule has 0 bridgehead atoms. The summed E-state index contributed by atoms with van der Waals surface area (Å²) in [5, 5.41) is 15.8. The molecule has 0 unspecified atom stereocenters. The van der Waals surface area contributed by atoms with Gasteiger partial charge in [0.05, 0.1) is 23.4 Å². The molecule has 1 aliphatic carbocycles. The Bertz CT molecular complexity index is 985. The molecule has 26 heavy (non-hydrogen) atoms. The number of rotatable bonds is 4. The van der Waals surface area contributed by atoms with Crippen LogP contribution in [0.3, 0.4) is 0 Å². The molecule has 1 N–H and O–H groups in total. The number of thiazole rings is 1. The number of carbonyl (C=O) groups is 1. The third-order valence-electron chi connectivity index (χ3n) is 4.31. The molecule has 4 rings (SSSR count). The van der Waals surface area contributed by atoms with E-state index in [0.717, 1.165) is 41.9 Å². The van der Waals surface area contributed by atoms with Gasteiger partial charge in [0.1, 0.15) is 16.1 Å². The van der Waals surface area contributed by atoms with Crippen LogP contribution in [-0.2, 0) is 24.1 Å². The Morgan fingerprint density at radius 3 is 3.00 bits per heavy atom. The maximum Gasteiger partial charge on any atom is 0.231 e. The second kappa shape index (κ2) is 7.36. The summed E-state index contributed by atoms with van der Waals surface area (Å²) in [5.41, 5.74) is 3.30. The molecule has 0 fully saturated rings. The van der Waals surface area contributed by atoms with Crippen LogP contribution in [0.25, 0.3) is 10.7 Å². The minimum absolute atomic E-state index is 0.141. The lowest BCUT2D eigenvalue weighted by atomic mass is 9.96. The predicted octanol–water partition coefficient (Wildman–Crippen LogP) is 4.20. The molecule has 0 aliphatic heterocycles. The lowest BCUT2D eigenvalue weighted by Gasteiger charge is -2.09. The highest BCUT2D eigenvalue weighted by molar-refractivity contribution is 7.16. The normalized spacial score (nSPS) is 13.0. The van der Waals surface area contributed by atoms with Crippen LogP contribution in [-0.4, -0.2) is 15.9 Å². The number of nitriles is 1. The molecular weight excluding hydrogens is 364 g/mol. The van der Waals surface area contributed by atoms with Crippen molar-refractivity contribution in [2.45, 2.75) is 32.1 Å². The van der Waals surface area contributed by atoms with Gasteiger partial charge in [-0.3, -0.25) is 9.78 Å². The minimum Gasteiger partial charge on any atom is -0.316 e. The average Bonchev–Trinajstić information content (AvgIpc) is 3.26. The number of nitrogens with zero attached hydrogens (tertiary/aromatic N) is 3. The molecule has 5 nitrogen and oxygen atoms in total. The number of thiophene rings is 1. The molecule has 0 atom stereocenters. The van der Waals surface area contributed by atoms with Crippen LogP contribution in [0, 0.1) is 11.3 Å². The van der Waals surface area contributed by atoms with Crippen LogP contribution >= 0.6 is 22.7 Å². The van der Waals surface area contributed by atoms with Crippen LogP contribution < -0.4 is 5.32 Å². The van der Waals surface area contributed by atoms with Crippen molar-refractivity contribution < 1.29 is 4.79 Å². The summed E-state index contributed by atoms with van der Waals surface area (Å²) < 4.78 is 0. The number of aromatic nitrogens is 2. The summed E-state index contributed by atoms with van der Waals surface area (Å²) in [6, 6.07) is 7.95. The molecular formula is C19H16N4OS2. The summed E-state index contributed by atoms with van der Waals surface area (Å²) in [5.74, 6) is -0.141. The van der Waals surface area contributed by atoms with E-state index in [1.807, 2.05) is 23.6 Å². The maximum atomic E-state index is 12.4. The van der Waals surface area contributed by atoms with Gasteiger partial charge in [-0.05, 0) is 43.4 Å². The average molecular weight is 380 g/mol. The van der Waals surface area contributed by atoms with Gasteiger partial charge in [-0.2, -0.15) is 5.26 Å². The Kier molecular flexibility index (Phi) is 4.78. The third kappa shape index (κ3) is 3.39. The lowest BCUT2D eigenvalue weighted by molar-refractivity contribution is -0.115. The van der Waals surface area contributed by atoms with Crippen molar-refractivity contribution >= 4 is 33.6 Å². The molecule has 1 amide bonds. The van der Waals surface area contributed by atoms with Crippen LogP contribution in [0.1, 0.15) is 34.5 Å². The second-order valence-electron chi connectivity index (χ2n) is 6.11. The number of pyridine rings is 1. The standard InChI is InChI=1S/C19H16N4OS2/c20-10-14-13-5-1-2-7-16(13)26-18(14)23-17(24)9-12-11-25-19(22-12)15-6-3-4-8-21-15/h3-4,6,8,11H,1-2,5,7,9H2,(H,23,24). The minimum atomic E-state index is -0.141. The van der Waals surface area contributed by atoms with Gasteiger partial charge in [0.2, 0.25) is 5.91 Å². The third-order valence-corrected chi connectivity index (χ3v) is 6.43. The monoisotopic (exact) mass is 380 g/mol. The first-order valence-electron chi connectivity index (χ1n) is 8.45. The van der Waals surface area contributed by atoms with E-state index in [4.69, 9.17) is 0 Å². The van der Waals surface area contributed by atoms with Gasteiger partial charge >= 0.3 is 0 Å². The Balaban J connectivity index is 1.48. The molecule has 7 heteroatoms. The number of aryl methyl sites for hydroxylation is 1. The fourth-order valence-corrected chi connectivity index (χ4v) is 5.15. The van der Waals surface area contributed by atoms with E-state index in [1.54, 1.807) is 17.5 Å². The fraction of sp³-hybridized carbons (Fsp3) is 0.263. The van der Waals surface area contributed by atoms with Gasteiger partial charge in [-0.15, -0.1) is 22.7 Å². The Labute approximate surface area is 159 Å². The van der Waals surface area contributed by atoms with Crippen LogP contribution in [0.5, 0.6) is 0 Å². The zero-order chi connectivity index (χ0) is 17.9. The summed E-state index contributed by atoms with van der Waals surface area (Å²) >= 11 is 3.02. The SMILES string of the molecule is N#Cc1c(NC(=O)Cc2csc(-c3ccccn3)n2)sc2c1CCCC2. The van der Waals surface area contributed by atoms with Crippen molar-refractivity contribution in [1.29, 1.82) is 5.26 Å². The summed E-state index contributed by atoms with van der Waals surface area (Å²) in [6.07, 6.45) is 6.12. The first kappa shape index (κ1) is 16.9. The van der Waals surface area contributed by atoms with Crippen LogP contribution in [0.2, 0.25) is 0 Å². The van der Waals surface area contributed by atoms with E-state index in [-0.39, 0.29) is 12.3 Å². The van der Waals surface area contributed by atoms with Crippen LogP contribution in [0.4, 0.5) is 5.00 Å². The maximum absolute atomic E-state index is 12.4. The van der Waals surface area contributed by atoms with Gasteiger partial charge in [-0.1, -0.05) is 6.07 Å². The number of carbonyl (C=O) groups excluding carboxylic acids is 1. The Hall–Kier alpha value is -2.56. The molecule has 3 aromatic heterocycles. The van der Waals surface area contributed by atoms with Crippen molar-refractivity contribution in [2.24, 2.45) is 0 Å². The first-order chi connectivity index (χ1) is 12.7. The second-order valence-corrected chi connectivity index (χ2v) is 8.07. The topological polar surface area (TPSA) is 78.7 Å². The van der Waals surface area contributed by atoms with Crippen molar-refractivity contribution in [3.63, 3.8) is 0 Å². The predicted molar refractivity (Wildman–Crippen MR) is 103 cm³/mol. The Morgan fingerprint density at radius 1 is 1.31 bits per heavy atom. The summed E-state index contributed by atoms with van der Waals surface area (Å²) in [4.78, 5) is 22.5. The number of anilines is 1. The van der Waals surface area contributed by atoms with Gasteiger partial charge in [0.15, 0.2) is 0 Å². The largest absolute Gasteiger partial charge is 0.316 e. The highest BCUT2D eigenvalue weighted by Gasteiger charge is 2.22. The smallest absolute Gasteiger partial charge is 0.231 e.